The fraction of sp³-hybridized carbons (Fsp3) is 0.667. The van der Waals surface area contributed by atoms with Gasteiger partial charge in [-0.05, 0) is 62.6 Å². The number of rotatable bonds is 0. The van der Waals surface area contributed by atoms with Gasteiger partial charge in [-0.25, -0.2) is 4.39 Å². The summed E-state index contributed by atoms with van der Waals surface area (Å²) < 4.78 is 31.9. The Kier molecular flexibility index (Phi) is 6.07. The van der Waals surface area contributed by atoms with E-state index >= 15 is 0 Å². The summed E-state index contributed by atoms with van der Waals surface area (Å²) in [6.07, 6.45) is 5.41. The molecule has 1 spiro atoms. The van der Waals surface area contributed by atoms with E-state index in [4.69, 9.17) is 14.2 Å². The lowest BCUT2D eigenvalue weighted by Gasteiger charge is -2.51. The third-order valence-electron chi connectivity index (χ3n) is 7.49. The number of fused-ring (bicyclic) bond motifs is 6. The maximum atomic E-state index is 14.0. The van der Waals surface area contributed by atoms with Gasteiger partial charge in [-0.3, -0.25) is 9.59 Å². The van der Waals surface area contributed by atoms with Gasteiger partial charge in [-0.1, -0.05) is 0 Å². The van der Waals surface area contributed by atoms with Crippen LogP contribution in [0.5, 0.6) is 5.75 Å². The number of benzene rings is 1. The standard InChI is InChI=1S/C24H31FN2O5/c25-17-4-7-20-19(12-17)16-2-5-18(6-3-16)32-13-21-24(15-30-14-22(28)26-24)9-1-10-27(21)23(29)8-11-31-20/h4,7,12,16,18,21H,1-3,5-6,8-11,13-15H2,(H,26,28)/t16?,18?,21-,24+/m0/s1. The van der Waals surface area contributed by atoms with Gasteiger partial charge in [-0.2, -0.15) is 0 Å². The molecule has 7 nitrogen and oxygen atoms in total. The van der Waals surface area contributed by atoms with Crippen LogP contribution in [0.4, 0.5) is 4.39 Å². The summed E-state index contributed by atoms with van der Waals surface area (Å²) in [5.41, 5.74) is 0.285. The van der Waals surface area contributed by atoms with E-state index in [-0.39, 0.29) is 55.3 Å². The molecule has 4 aliphatic heterocycles. The van der Waals surface area contributed by atoms with Crippen molar-refractivity contribution in [2.45, 2.75) is 68.5 Å². The topological polar surface area (TPSA) is 77.1 Å². The zero-order valence-corrected chi connectivity index (χ0v) is 18.3. The van der Waals surface area contributed by atoms with Crippen LogP contribution < -0.4 is 10.1 Å². The normalized spacial score (nSPS) is 33.7. The molecular weight excluding hydrogens is 415 g/mol. The molecule has 1 N–H and O–H groups in total. The quantitative estimate of drug-likeness (QED) is 0.663. The highest BCUT2D eigenvalue weighted by Crippen LogP contribution is 2.40. The van der Waals surface area contributed by atoms with Crippen LogP contribution in [-0.2, 0) is 19.1 Å². The Morgan fingerprint density at radius 2 is 2.00 bits per heavy atom. The van der Waals surface area contributed by atoms with Crippen LogP contribution >= 0.6 is 0 Å². The summed E-state index contributed by atoms with van der Waals surface area (Å²) in [5, 5.41) is 3.14. The van der Waals surface area contributed by atoms with Crippen molar-refractivity contribution in [1.82, 2.24) is 10.2 Å². The highest BCUT2D eigenvalue weighted by atomic mass is 19.1. The molecule has 3 fully saturated rings. The van der Waals surface area contributed by atoms with Crippen molar-refractivity contribution in [1.29, 1.82) is 0 Å². The summed E-state index contributed by atoms with van der Waals surface area (Å²) in [4.78, 5) is 27.3. The minimum absolute atomic E-state index is 0.0246. The SMILES string of the molecule is O=C1COC[C@@]2(CCCN3C(=O)CCOc4ccc(F)cc4C4CCC(CC4)OC[C@H]32)N1. The molecule has 2 bridgehead atoms. The van der Waals surface area contributed by atoms with Crippen LogP contribution in [0.25, 0.3) is 0 Å². The van der Waals surface area contributed by atoms with E-state index < -0.39 is 5.54 Å². The first kappa shape index (κ1) is 21.6. The van der Waals surface area contributed by atoms with E-state index in [9.17, 15) is 14.0 Å². The van der Waals surface area contributed by atoms with E-state index in [0.29, 0.717) is 25.5 Å². The lowest BCUT2D eigenvalue weighted by atomic mass is 9.80. The van der Waals surface area contributed by atoms with Crippen LogP contribution in [0, 0.1) is 5.82 Å². The maximum Gasteiger partial charge on any atom is 0.246 e. The molecule has 1 aromatic rings. The van der Waals surface area contributed by atoms with Crippen molar-refractivity contribution in [2.75, 3.05) is 33.0 Å². The summed E-state index contributed by atoms with van der Waals surface area (Å²) >= 11 is 0. The first-order valence-electron chi connectivity index (χ1n) is 11.8. The Morgan fingerprint density at radius 3 is 2.81 bits per heavy atom. The smallest absolute Gasteiger partial charge is 0.246 e. The molecule has 0 unspecified atom stereocenters. The molecule has 6 rings (SSSR count). The average Bonchev–Trinajstić information content (AvgIpc) is 2.79. The van der Waals surface area contributed by atoms with Crippen molar-refractivity contribution < 1.29 is 28.2 Å². The van der Waals surface area contributed by atoms with E-state index in [0.717, 1.165) is 44.1 Å². The number of nitrogens with one attached hydrogen (secondary N) is 1. The van der Waals surface area contributed by atoms with Gasteiger partial charge in [-0.15, -0.1) is 0 Å². The Hall–Kier alpha value is -2.19. The lowest BCUT2D eigenvalue weighted by Crippen LogP contribution is -2.72. The number of carbonyl (C=O) groups is 2. The van der Waals surface area contributed by atoms with Crippen LogP contribution in [0.2, 0.25) is 0 Å². The first-order chi connectivity index (χ1) is 15.5. The minimum Gasteiger partial charge on any atom is -0.493 e. The van der Waals surface area contributed by atoms with E-state index in [2.05, 4.69) is 5.32 Å². The molecule has 2 atom stereocenters. The maximum absolute atomic E-state index is 14.0. The number of carbonyl (C=O) groups excluding carboxylic acids is 2. The average molecular weight is 447 g/mol. The van der Waals surface area contributed by atoms with Gasteiger partial charge < -0.3 is 24.4 Å². The van der Waals surface area contributed by atoms with Gasteiger partial charge in [0.1, 0.15) is 18.2 Å². The zero-order chi connectivity index (χ0) is 22.1. The van der Waals surface area contributed by atoms with Crippen LogP contribution in [0.15, 0.2) is 18.2 Å². The number of hydrogen-bond acceptors (Lipinski definition) is 5. The molecule has 8 heteroatoms. The van der Waals surface area contributed by atoms with Gasteiger partial charge in [0.15, 0.2) is 0 Å². The molecule has 1 aromatic carbocycles. The second-order valence-corrected chi connectivity index (χ2v) is 9.49. The van der Waals surface area contributed by atoms with Gasteiger partial charge in [0, 0.05) is 12.1 Å². The van der Waals surface area contributed by atoms with Gasteiger partial charge in [0.05, 0.1) is 43.9 Å². The summed E-state index contributed by atoms with van der Waals surface area (Å²) in [6.45, 7) is 1.67. The number of piperidine rings is 1. The van der Waals surface area contributed by atoms with Crippen LogP contribution in [0.1, 0.15) is 56.4 Å². The fourth-order valence-electron chi connectivity index (χ4n) is 5.85. The van der Waals surface area contributed by atoms with Crippen molar-refractivity contribution in [3.63, 3.8) is 0 Å². The van der Waals surface area contributed by atoms with E-state index in [1.165, 1.54) is 6.07 Å². The molecule has 2 amide bonds. The van der Waals surface area contributed by atoms with Crippen molar-refractivity contribution in [3.8, 4) is 5.75 Å². The molecule has 0 radical (unpaired) electrons. The molecule has 5 aliphatic rings. The number of morpholine rings is 1. The van der Waals surface area contributed by atoms with Crippen molar-refractivity contribution in [3.05, 3.63) is 29.6 Å². The van der Waals surface area contributed by atoms with Gasteiger partial charge >= 0.3 is 0 Å². The number of hydrogen-bond donors (Lipinski definition) is 1. The predicted octanol–water partition coefficient (Wildman–Crippen LogP) is 2.53. The highest BCUT2D eigenvalue weighted by molar-refractivity contribution is 5.80. The van der Waals surface area contributed by atoms with E-state index in [1.54, 1.807) is 12.1 Å². The summed E-state index contributed by atoms with van der Waals surface area (Å²) in [7, 11) is 0. The molecule has 0 aromatic heterocycles. The van der Waals surface area contributed by atoms with Crippen LogP contribution in [-0.4, -0.2) is 67.4 Å². The van der Waals surface area contributed by atoms with Crippen molar-refractivity contribution in [2.24, 2.45) is 0 Å². The summed E-state index contributed by atoms with van der Waals surface area (Å²) in [5.74, 6) is 0.463. The molecule has 4 heterocycles. The lowest BCUT2D eigenvalue weighted by molar-refractivity contribution is -0.155. The Balaban J connectivity index is 1.42. The van der Waals surface area contributed by atoms with E-state index in [1.807, 2.05) is 4.90 Å². The summed E-state index contributed by atoms with van der Waals surface area (Å²) in [6, 6.07) is 4.40. The number of nitrogens with zero attached hydrogens (tertiary/aromatic N) is 1. The molecule has 1 saturated carbocycles. The molecule has 1 aliphatic carbocycles. The Labute approximate surface area is 187 Å². The Morgan fingerprint density at radius 1 is 1.16 bits per heavy atom. The fourth-order valence-corrected chi connectivity index (χ4v) is 5.85. The van der Waals surface area contributed by atoms with Crippen molar-refractivity contribution >= 4 is 11.8 Å². The first-order valence-corrected chi connectivity index (χ1v) is 11.8. The second kappa shape index (κ2) is 8.98. The van der Waals surface area contributed by atoms with Gasteiger partial charge in [0.25, 0.3) is 0 Å². The number of ether oxygens (including phenoxy) is 3. The predicted molar refractivity (Wildman–Crippen MR) is 114 cm³/mol. The zero-order valence-electron chi connectivity index (χ0n) is 18.3. The highest BCUT2D eigenvalue weighted by Gasteiger charge is 2.49. The largest absolute Gasteiger partial charge is 0.493 e. The third kappa shape index (κ3) is 4.22. The molecular formula is C24H31FN2O5. The minimum atomic E-state index is -0.609. The molecule has 174 valence electrons. The molecule has 2 saturated heterocycles. The monoisotopic (exact) mass is 446 g/mol. The third-order valence-corrected chi connectivity index (χ3v) is 7.49. The Bertz CT molecular complexity index is 868. The molecule has 32 heavy (non-hydrogen) atoms. The van der Waals surface area contributed by atoms with Crippen LogP contribution in [0.3, 0.4) is 0 Å². The number of halogens is 1. The van der Waals surface area contributed by atoms with Gasteiger partial charge in [0.2, 0.25) is 11.8 Å². The number of amides is 2. The second-order valence-electron chi connectivity index (χ2n) is 9.49.